The molecule has 1 amide bonds. The molecule has 26 heavy (non-hydrogen) atoms. The molecule has 1 atom stereocenters. The van der Waals surface area contributed by atoms with E-state index >= 15 is 0 Å². The maximum Gasteiger partial charge on any atom is 0.260 e. The lowest BCUT2D eigenvalue weighted by Crippen LogP contribution is -2.36. The summed E-state index contributed by atoms with van der Waals surface area (Å²) in [5.74, 6) is 1.46. The number of ether oxygens (including phenoxy) is 2. The highest BCUT2D eigenvalue weighted by Crippen LogP contribution is 2.17. The Hall–Kier alpha value is -2.01. The van der Waals surface area contributed by atoms with Crippen LogP contribution in [0.2, 0.25) is 0 Å². The number of rotatable bonds is 9. The normalized spacial score (nSPS) is 11.9. The van der Waals surface area contributed by atoms with E-state index in [1.54, 1.807) is 6.92 Å². The lowest BCUT2D eigenvalue weighted by atomic mass is 10.1. The predicted octanol–water partition coefficient (Wildman–Crippen LogP) is 4.75. The van der Waals surface area contributed by atoms with Crippen LogP contribution in [0.15, 0.2) is 53.0 Å². The molecule has 2 aromatic rings. The summed E-state index contributed by atoms with van der Waals surface area (Å²) < 4.78 is 12.3. The fourth-order valence-corrected chi connectivity index (χ4v) is 2.69. The second kappa shape index (κ2) is 10.2. The number of hydrogen-bond donors (Lipinski definition) is 1. The zero-order chi connectivity index (χ0) is 18.9. The molecule has 0 saturated carbocycles. The van der Waals surface area contributed by atoms with Gasteiger partial charge in [0.15, 0.2) is 6.10 Å². The van der Waals surface area contributed by atoms with E-state index in [1.807, 2.05) is 50.2 Å². The number of hydrogen-bond acceptors (Lipinski definition) is 3. The fraction of sp³-hybridized carbons (Fsp3) is 0.381. The van der Waals surface area contributed by atoms with E-state index < -0.39 is 6.10 Å². The quantitative estimate of drug-likeness (QED) is 0.596. The van der Waals surface area contributed by atoms with Crippen LogP contribution in [0, 0.1) is 0 Å². The Morgan fingerprint density at radius 1 is 0.962 bits per heavy atom. The van der Waals surface area contributed by atoms with Crippen molar-refractivity contribution < 1.29 is 14.3 Å². The molecule has 0 aliphatic heterocycles. The molecule has 0 aliphatic carbocycles. The molecule has 0 bridgehead atoms. The zero-order valence-corrected chi connectivity index (χ0v) is 17.1. The second-order valence-electron chi connectivity index (χ2n) is 6.42. The first-order valence-corrected chi connectivity index (χ1v) is 9.69. The van der Waals surface area contributed by atoms with Crippen molar-refractivity contribution >= 4 is 21.8 Å². The molecule has 1 N–H and O–H groups in total. The average Bonchev–Trinajstić information content (AvgIpc) is 2.61. The van der Waals surface area contributed by atoms with E-state index in [9.17, 15) is 4.79 Å². The Balaban J connectivity index is 1.68. The van der Waals surface area contributed by atoms with Gasteiger partial charge >= 0.3 is 0 Å². The average molecular weight is 420 g/mol. The molecule has 0 spiro atoms. The third kappa shape index (κ3) is 7.08. The standard InChI is InChI=1S/C21H26BrNO3/c1-15(2)25-19-10-6-17(7-11-19)5-4-14-23-21(24)16(3)26-20-12-8-18(22)9-13-20/h6-13,15-16H,4-5,14H2,1-3H3,(H,23,24)/t16-/m0/s1. The first kappa shape index (κ1) is 20.3. The van der Waals surface area contributed by atoms with Crippen molar-refractivity contribution in [1.29, 1.82) is 0 Å². The van der Waals surface area contributed by atoms with Crippen LogP contribution in [-0.2, 0) is 11.2 Å². The van der Waals surface area contributed by atoms with Crippen molar-refractivity contribution in [3.8, 4) is 11.5 Å². The topological polar surface area (TPSA) is 47.6 Å². The second-order valence-corrected chi connectivity index (χ2v) is 7.33. The molecule has 2 aromatic carbocycles. The van der Waals surface area contributed by atoms with Crippen molar-refractivity contribution in [3.05, 3.63) is 58.6 Å². The van der Waals surface area contributed by atoms with Gasteiger partial charge < -0.3 is 14.8 Å². The van der Waals surface area contributed by atoms with Gasteiger partial charge in [0.2, 0.25) is 0 Å². The molecule has 5 heteroatoms. The van der Waals surface area contributed by atoms with Gasteiger partial charge in [-0.25, -0.2) is 0 Å². The number of aryl methyl sites for hydroxylation is 1. The molecular weight excluding hydrogens is 394 g/mol. The Kier molecular flexibility index (Phi) is 7.98. The van der Waals surface area contributed by atoms with E-state index in [4.69, 9.17) is 9.47 Å². The Labute approximate surface area is 164 Å². The summed E-state index contributed by atoms with van der Waals surface area (Å²) >= 11 is 3.37. The van der Waals surface area contributed by atoms with E-state index in [0.717, 1.165) is 23.1 Å². The third-order valence-electron chi connectivity index (χ3n) is 3.73. The highest BCUT2D eigenvalue weighted by Gasteiger charge is 2.13. The summed E-state index contributed by atoms with van der Waals surface area (Å²) in [6, 6.07) is 15.6. The monoisotopic (exact) mass is 419 g/mol. The van der Waals surface area contributed by atoms with Gasteiger partial charge in [-0.2, -0.15) is 0 Å². The van der Waals surface area contributed by atoms with Gasteiger partial charge in [-0.1, -0.05) is 28.1 Å². The summed E-state index contributed by atoms with van der Waals surface area (Å²) in [6.07, 6.45) is 1.44. The fourth-order valence-electron chi connectivity index (χ4n) is 2.43. The van der Waals surface area contributed by atoms with Crippen LogP contribution >= 0.6 is 15.9 Å². The molecule has 0 unspecified atom stereocenters. The number of carbonyl (C=O) groups excluding carboxylic acids is 1. The minimum atomic E-state index is -0.524. The zero-order valence-electron chi connectivity index (χ0n) is 15.5. The van der Waals surface area contributed by atoms with Crippen LogP contribution in [0.3, 0.4) is 0 Å². The van der Waals surface area contributed by atoms with Crippen molar-refractivity contribution in [1.82, 2.24) is 5.32 Å². The summed E-state index contributed by atoms with van der Waals surface area (Å²) in [5, 5.41) is 2.92. The Bertz CT molecular complexity index is 683. The molecule has 140 valence electrons. The summed E-state index contributed by atoms with van der Waals surface area (Å²) in [6.45, 7) is 6.40. The van der Waals surface area contributed by atoms with Gasteiger partial charge in [-0.15, -0.1) is 0 Å². The van der Waals surface area contributed by atoms with Gasteiger partial charge in [-0.05, 0) is 75.6 Å². The number of benzene rings is 2. The van der Waals surface area contributed by atoms with Crippen LogP contribution in [0.25, 0.3) is 0 Å². The summed E-state index contributed by atoms with van der Waals surface area (Å²) in [4.78, 5) is 12.1. The third-order valence-corrected chi connectivity index (χ3v) is 4.26. The number of nitrogens with one attached hydrogen (secondary N) is 1. The summed E-state index contributed by atoms with van der Waals surface area (Å²) in [7, 11) is 0. The van der Waals surface area contributed by atoms with Gasteiger partial charge in [0.25, 0.3) is 5.91 Å². The number of amides is 1. The molecule has 2 rings (SSSR count). The molecular formula is C21H26BrNO3. The van der Waals surface area contributed by atoms with Crippen LogP contribution in [-0.4, -0.2) is 24.7 Å². The van der Waals surface area contributed by atoms with Crippen molar-refractivity contribution in [2.45, 2.75) is 45.8 Å². The summed E-state index contributed by atoms with van der Waals surface area (Å²) in [5.41, 5.74) is 1.23. The molecule has 4 nitrogen and oxygen atoms in total. The van der Waals surface area contributed by atoms with Crippen LogP contribution in [0.4, 0.5) is 0 Å². The number of carbonyl (C=O) groups is 1. The van der Waals surface area contributed by atoms with Crippen molar-refractivity contribution in [3.63, 3.8) is 0 Å². The molecule has 0 aliphatic rings. The Morgan fingerprint density at radius 3 is 2.15 bits per heavy atom. The smallest absolute Gasteiger partial charge is 0.260 e. The van der Waals surface area contributed by atoms with Crippen molar-refractivity contribution in [2.24, 2.45) is 0 Å². The van der Waals surface area contributed by atoms with E-state index in [2.05, 4.69) is 33.4 Å². The minimum absolute atomic E-state index is 0.103. The molecule has 0 aromatic heterocycles. The predicted molar refractivity (Wildman–Crippen MR) is 108 cm³/mol. The molecule has 0 saturated heterocycles. The number of halogens is 1. The van der Waals surface area contributed by atoms with E-state index in [1.165, 1.54) is 5.56 Å². The van der Waals surface area contributed by atoms with Crippen LogP contribution in [0.5, 0.6) is 11.5 Å². The maximum absolute atomic E-state index is 12.1. The maximum atomic E-state index is 12.1. The van der Waals surface area contributed by atoms with Crippen LogP contribution in [0.1, 0.15) is 32.8 Å². The van der Waals surface area contributed by atoms with Gasteiger partial charge in [-0.3, -0.25) is 4.79 Å². The molecule has 0 heterocycles. The Morgan fingerprint density at radius 2 is 1.54 bits per heavy atom. The first-order valence-electron chi connectivity index (χ1n) is 8.89. The van der Waals surface area contributed by atoms with Crippen molar-refractivity contribution in [2.75, 3.05) is 6.54 Å². The van der Waals surface area contributed by atoms with Gasteiger partial charge in [0, 0.05) is 11.0 Å². The largest absolute Gasteiger partial charge is 0.491 e. The highest BCUT2D eigenvalue weighted by molar-refractivity contribution is 9.10. The molecule has 0 fully saturated rings. The van der Waals surface area contributed by atoms with Gasteiger partial charge in [0.05, 0.1) is 6.10 Å². The van der Waals surface area contributed by atoms with E-state index in [-0.39, 0.29) is 12.0 Å². The SMILES string of the molecule is CC(C)Oc1ccc(CCCNC(=O)[C@H](C)Oc2ccc(Br)cc2)cc1. The first-order chi connectivity index (χ1) is 12.4. The van der Waals surface area contributed by atoms with Gasteiger partial charge in [0.1, 0.15) is 11.5 Å². The van der Waals surface area contributed by atoms with E-state index in [0.29, 0.717) is 12.3 Å². The highest BCUT2D eigenvalue weighted by atomic mass is 79.9. The lowest BCUT2D eigenvalue weighted by Gasteiger charge is -2.15. The lowest BCUT2D eigenvalue weighted by molar-refractivity contribution is -0.127. The van der Waals surface area contributed by atoms with Crippen LogP contribution < -0.4 is 14.8 Å². The minimum Gasteiger partial charge on any atom is -0.491 e. The molecule has 0 radical (unpaired) electrons.